The smallest absolute Gasteiger partial charge is 0.308 e. The van der Waals surface area contributed by atoms with Gasteiger partial charge in [-0.05, 0) is 31.4 Å². The highest BCUT2D eigenvalue weighted by Gasteiger charge is 2.26. The first-order valence-electron chi connectivity index (χ1n) is 9.06. The molecule has 0 atom stereocenters. The molecule has 0 radical (unpaired) electrons. The van der Waals surface area contributed by atoms with Crippen molar-refractivity contribution in [3.63, 3.8) is 0 Å². The predicted molar refractivity (Wildman–Crippen MR) is 102 cm³/mol. The maximum atomic E-state index is 13.8. The van der Waals surface area contributed by atoms with E-state index in [9.17, 15) is 9.18 Å². The van der Waals surface area contributed by atoms with Crippen LogP contribution in [0.2, 0.25) is 0 Å². The van der Waals surface area contributed by atoms with Gasteiger partial charge in [0, 0.05) is 40.3 Å². The van der Waals surface area contributed by atoms with Gasteiger partial charge in [0.25, 0.3) is 0 Å². The number of anilines is 1. The Labute approximate surface area is 155 Å². The third kappa shape index (κ3) is 5.34. The number of halogens is 1. The molecule has 1 saturated heterocycles. The SMILES string of the molecule is CN=C(NCCCN(C)c1ccccc1F)N1CCC(C(=O)OC)CC1. The highest BCUT2D eigenvalue weighted by atomic mass is 19.1. The first kappa shape index (κ1) is 20.0. The molecule has 0 aliphatic carbocycles. The lowest BCUT2D eigenvalue weighted by Gasteiger charge is -2.33. The maximum Gasteiger partial charge on any atom is 0.308 e. The summed E-state index contributed by atoms with van der Waals surface area (Å²) < 4.78 is 18.6. The molecule has 26 heavy (non-hydrogen) atoms. The Balaban J connectivity index is 1.73. The summed E-state index contributed by atoms with van der Waals surface area (Å²) in [5.74, 6) is 0.515. The summed E-state index contributed by atoms with van der Waals surface area (Å²) in [4.78, 5) is 20.0. The molecule has 0 unspecified atom stereocenters. The molecule has 7 heteroatoms. The molecule has 0 aromatic heterocycles. The third-order valence-electron chi connectivity index (χ3n) is 4.76. The second kappa shape index (κ2) is 9.99. The lowest BCUT2D eigenvalue weighted by Crippen LogP contribution is -2.47. The Hall–Kier alpha value is -2.31. The molecule has 2 rings (SSSR count). The summed E-state index contributed by atoms with van der Waals surface area (Å²) in [7, 11) is 5.10. The van der Waals surface area contributed by atoms with E-state index in [1.165, 1.54) is 13.2 Å². The Morgan fingerprint density at radius 1 is 1.38 bits per heavy atom. The summed E-state index contributed by atoms with van der Waals surface area (Å²) in [6, 6.07) is 6.80. The standard InChI is InChI=1S/C19H29FN4O2/c1-21-19(24-13-9-15(10-14-24)18(25)26-3)22-11-6-12-23(2)17-8-5-4-7-16(17)20/h4-5,7-8,15H,6,9-14H2,1-3H3,(H,21,22). The van der Waals surface area contributed by atoms with E-state index in [0.717, 1.165) is 51.4 Å². The van der Waals surface area contributed by atoms with Crippen LogP contribution in [-0.2, 0) is 9.53 Å². The lowest BCUT2D eigenvalue weighted by molar-refractivity contribution is -0.146. The summed E-state index contributed by atoms with van der Waals surface area (Å²) in [6.45, 7) is 3.07. The van der Waals surface area contributed by atoms with E-state index in [1.807, 2.05) is 18.0 Å². The molecule has 1 aromatic rings. The summed E-state index contributed by atoms with van der Waals surface area (Å²) in [5.41, 5.74) is 0.613. The van der Waals surface area contributed by atoms with E-state index in [0.29, 0.717) is 5.69 Å². The minimum atomic E-state index is -0.202. The molecule has 1 heterocycles. The van der Waals surface area contributed by atoms with Crippen molar-refractivity contribution in [2.45, 2.75) is 19.3 Å². The molecule has 0 bridgehead atoms. The summed E-state index contributed by atoms with van der Waals surface area (Å²) >= 11 is 0. The van der Waals surface area contributed by atoms with Gasteiger partial charge in [-0.3, -0.25) is 9.79 Å². The lowest BCUT2D eigenvalue weighted by atomic mass is 9.97. The van der Waals surface area contributed by atoms with Gasteiger partial charge in [-0.1, -0.05) is 12.1 Å². The Bertz CT molecular complexity index is 615. The van der Waals surface area contributed by atoms with Crippen molar-refractivity contribution >= 4 is 17.6 Å². The quantitative estimate of drug-likeness (QED) is 0.363. The molecule has 1 aliphatic rings. The van der Waals surface area contributed by atoms with Gasteiger partial charge in [-0.15, -0.1) is 0 Å². The van der Waals surface area contributed by atoms with Gasteiger partial charge >= 0.3 is 5.97 Å². The maximum absolute atomic E-state index is 13.8. The van der Waals surface area contributed by atoms with E-state index in [2.05, 4.69) is 15.2 Å². The van der Waals surface area contributed by atoms with Crippen LogP contribution in [0.25, 0.3) is 0 Å². The van der Waals surface area contributed by atoms with Crippen LogP contribution in [0.5, 0.6) is 0 Å². The van der Waals surface area contributed by atoms with Crippen LogP contribution in [-0.4, -0.2) is 64.2 Å². The number of rotatable bonds is 6. The molecular formula is C19H29FN4O2. The Kier molecular flexibility index (Phi) is 7.69. The zero-order valence-corrected chi connectivity index (χ0v) is 15.9. The number of para-hydroxylation sites is 1. The fourth-order valence-corrected chi connectivity index (χ4v) is 3.22. The zero-order chi connectivity index (χ0) is 18.9. The monoisotopic (exact) mass is 364 g/mol. The van der Waals surface area contributed by atoms with Crippen LogP contribution < -0.4 is 10.2 Å². The molecule has 144 valence electrons. The van der Waals surface area contributed by atoms with Gasteiger partial charge in [0.15, 0.2) is 5.96 Å². The van der Waals surface area contributed by atoms with Crippen molar-refractivity contribution in [2.24, 2.45) is 10.9 Å². The summed E-state index contributed by atoms with van der Waals surface area (Å²) in [5, 5.41) is 3.36. The average molecular weight is 364 g/mol. The molecule has 1 fully saturated rings. The van der Waals surface area contributed by atoms with Crippen molar-refractivity contribution in [3.05, 3.63) is 30.1 Å². The van der Waals surface area contributed by atoms with Gasteiger partial charge in [0.2, 0.25) is 0 Å². The second-order valence-corrected chi connectivity index (χ2v) is 6.48. The molecule has 0 saturated carbocycles. The highest BCUT2D eigenvalue weighted by molar-refractivity contribution is 5.80. The van der Waals surface area contributed by atoms with Gasteiger partial charge in [-0.2, -0.15) is 0 Å². The largest absolute Gasteiger partial charge is 0.469 e. The van der Waals surface area contributed by atoms with Crippen molar-refractivity contribution in [3.8, 4) is 0 Å². The molecule has 6 nitrogen and oxygen atoms in total. The number of hydrogen-bond acceptors (Lipinski definition) is 4. The van der Waals surface area contributed by atoms with Crippen LogP contribution in [0.3, 0.4) is 0 Å². The van der Waals surface area contributed by atoms with Gasteiger partial charge in [0.1, 0.15) is 5.82 Å². The average Bonchev–Trinajstić information content (AvgIpc) is 2.68. The topological polar surface area (TPSA) is 57.2 Å². The number of aliphatic imine (C=N–C) groups is 1. The van der Waals surface area contributed by atoms with E-state index in [4.69, 9.17) is 4.74 Å². The number of nitrogens with zero attached hydrogens (tertiary/aromatic N) is 3. The number of likely N-dealkylation sites (tertiary alicyclic amines) is 1. The molecule has 1 N–H and O–H groups in total. The number of esters is 1. The number of carbonyl (C=O) groups excluding carboxylic acids is 1. The number of carbonyl (C=O) groups is 1. The minimum Gasteiger partial charge on any atom is -0.469 e. The third-order valence-corrected chi connectivity index (χ3v) is 4.76. The Morgan fingerprint density at radius 2 is 2.08 bits per heavy atom. The number of hydrogen-bond donors (Lipinski definition) is 1. The van der Waals surface area contributed by atoms with Gasteiger partial charge < -0.3 is 19.9 Å². The molecular weight excluding hydrogens is 335 g/mol. The van der Waals surface area contributed by atoms with Crippen molar-refractivity contribution in [2.75, 3.05) is 52.3 Å². The number of piperidine rings is 1. The normalized spacial score (nSPS) is 15.7. The number of ether oxygens (including phenoxy) is 1. The number of guanidine groups is 1. The van der Waals surface area contributed by atoms with Crippen molar-refractivity contribution < 1.29 is 13.9 Å². The number of nitrogens with one attached hydrogen (secondary N) is 1. The zero-order valence-electron chi connectivity index (χ0n) is 15.9. The Morgan fingerprint density at radius 3 is 2.69 bits per heavy atom. The van der Waals surface area contributed by atoms with Gasteiger partial charge in [0.05, 0.1) is 18.7 Å². The van der Waals surface area contributed by atoms with Crippen LogP contribution in [0.1, 0.15) is 19.3 Å². The summed E-state index contributed by atoms with van der Waals surface area (Å²) in [6.07, 6.45) is 2.43. The highest BCUT2D eigenvalue weighted by Crippen LogP contribution is 2.19. The van der Waals surface area contributed by atoms with Gasteiger partial charge in [-0.25, -0.2) is 4.39 Å². The fraction of sp³-hybridized carbons (Fsp3) is 0.579. The van der Waals surface area contributed by atoms with Crippen molar-refractivity contribution in [1.29, 1.82) is 0 Å². The van der Waals surface area contributed by atoms with Crippen LogP contribution in [0, 0.1) is 11.7 Å². The van der Waals surface area contributed by atoms with E-state index < -0.39 is 0 Å². The van der Waals surface area contributed by atoms with Crippen molar-refractivity contribution in [1.82, 2.24) is 10.2 Å². The number of methoxy groups -OCH3 is 1. The predicted octanol–water partition coefficient (Wildman–Crippen LogP) is 2.11. The fourth-order valence-electron chi connectivity index (χ4n) is 3.22. The van der Waals surface area contributed by atoms with E-state index >= 15 is 0 Å². The molecule has 1 aromatic carbocycles. The van der Waals surface area contributed by atoms with E-state index in [1.54, 1.807) is 19.2 Å². The first-order valence-corrected chi connectivity index (χ1v) is 9.06. The molecule has 0 spiro atoms. The van der Waals surface area contributed by atoms with Crippen LogP contribution >= 0.6 is 0 Å². The second-order valence-electron chi connectivity index (χ2n) is 6.48. The minimum absolute atomic E-state index is 0.0104. The number of benzene rings is 1. The van der Waals surface area contributed by atoms with E-state index in [-0.39, 0.29) is 17.7 Å². The van der Waals surface area contributed by atoms with Crippen LogP contribution in [0.15, 0.2) is 29.3 Å². The molecule has 1 aliphatic heterocycles. The first-order chi connectivity index (χ1) is 12.6. The molecule has 0 amide bonds. The van der Waals surface area contributed by atoms with Crippen LogP contribution in [0.4, 0.5) is 10.1 Å².